The number of carbonyl (C=O) groups is 1. The van der Waals surface area contributed by atoms with E-state index in [-0.39, 0.29) is 6.42 Å². The Morgan fingerprint density at radius 2 is 1.75 bits per heavy atom. The van der Waals surface area contributed by atoms with Crippen molar-refractivity contribution in [3.63, 3.8) is 0 Å². The van der Waals surface area contributed by atoms with Gasteiger partial charge in [-0.15, -0.1) is 0 Å². The summed E-state index contributed by atoms with van der Waals surface area (Å²) in [7, 11) is 0. The van der Waals surface area contributed by atoms with Crippen LogP contribution in [0.5, 0.6) is 0 Å². The van der Waals surface area contributed by atoms with Crippen LogP contribution < -0.4 is 0 Å². The van der Waals surface area contributed by atoms with E-state index in [1.165, 1.54) is 0 Å². The zero-order chi connectivity index (χ0) is 13.0. The van der Waals surface area contributed by atoms with E-state index in [2.05, 4.69) is 0 Å². The van der Waals surface area contributed by atoms with Crippen molar-refractivity contribution in [2.24, 2.45) is 0 Å². The van der Waals surface area contributed by atoms with Crippen LogP contribution in [0, 0.1) is 0 Å². The summed E-state index contributed by atoms with van der Waals surface area (Å²) < 4.78 is 63.4. The van der Waals surface area contributed by atoms with Crippen molar-refractivity contribution >= 4 is 5.97 Å². The molecular weight excluding hydrogens is 235 g/mol. The molecule has 0 fully saturated rings. The third-order valence-electron chi connectivity index (χ3n) is 2.14. The lowest BCUT2D eigenvalue weighted by atomic mass is 10.0. The van der Waals surface area contributed by atoms with Crippen molar-refractivity contribution in [2.75, 3.05) is 0 Å². The minimum absolute atomic E-state index is 0.0168. The maximum atomic E-state index is 12.9. The molecule has 0 rings (SSSR count). The number of unbranched alkanes of at least 4 members (excludes halogenated alkanes) is 2. The molecule has 0 aromatic carbocycles. The van der Waals surface area contributed by atoms with Crippen molar-refractivity contribution in [3.05, 3.63) is 0 Å². The van der Waals surface area contributed by atoms with Crippen LogP contribution in [0.15, 0.2) is 0 Å². The molecule has 0 spiro atoms. The predicted molar refractivity (Wildman–Crippen MR) is 46.6 cm³/mol. The van der Waals surface area contributed by atoms with Gasteiger partial charge in [0.2, 0.25) is 0 Å². The molecule has 2 nitrogen and oxygen atoms in total. The molecule has 0 amide bonds. The first-order valence-corrected chi connectivity index (χ1v) is 4.81. The summed E-state index contributed by atoms with van der Waals surface area (Å²) in [5, 5.41) is 7.90. The second-order valence-electron chi connectivity index (χ2n) is 3.47. The third kappa shape index (κ3) is 3.05. The van der Waals surface area contributed by atoms with Crippen LogP contribution in [0.2, 0.25) is 0 Å². The molecule has 0 heterocycles. The minimum atomic E-state index is -5.38. The Hall–Kier alpha value is -0.880. The maximum Gasteiger partial charge on any atom is 0.407 e. The van der Waals surface area contributed by atoms with Crippen molar-refractivity contribution < 1.29 is 31.9 Å². The van der Waals surface area contributed by atoms with Gasteiger partial charge in [-0.3, -0.25) is 0 Å². The van der Waals surface area contributed by atoms with E-state index >= 15 is 0 Å². The first kappa shape index (κ1) is 15.1. The van der Waals surface area contributed by atoms with Gasteiger partial charge in [0, 0.05) is 0 Å². The van der Waals surface area contributed by atoms with E-state index in [1.54, 1.807) is 6.92 Å². The van der Waals surface area contributed by atoms with Crippen LogP contribution in [0.1, 0.15) is 32.6 Å². The highest BCUT2D eigenvalue weighted by Gasteiger charge is 2.66. The quantitative estimate of drug-likeness (QED) is 0.554. The summed E-state index contributed by atoms with van der Waals surface area (Å²) in [5.74, 6) is -13.6. The summed E-state index contributed by atoms with van der Waals surface area (Å²) in [6, 6.07) is 0. The second kappa shape index (κ2) is 5.45. The van der Waals surface area contributed by atoms with E-state index < -0.39 is 30.4 Å². The summed E-state index contributed by atoms with van der Waals surface area (Å²) in [5.41, 5.74) is 0. The van der Waals surface area contributed by atoms with E-state index in [0.717, 1.165) is 0 Å². The Morgan fingerprint density at radius 3 is 2.12 bits per heavy atom. The highest BCUT2D eigenvalue weighted by Crippen LogP contribution is 2.40. The normalized spacial score (nSPS) is 14.9. The van der Waals surface area contributed by atoms with Crippen LogP contribution in [0.3, 0.4) is 0 Å². The van der Waals surface area contributed by atoms with Gasteiger partial charge < -0.3 is 5.11 Å². The Bertz CT molecular complexity index is 242. The molecule has 0 saturated heterocycles. The first-order valence-electron chi connectivity index (χ1n) is 4.81. The number of carboxylic acid groups (broad SMARTS) is 1. The zero-order valence-electron chi connectivity index (χ0n) is 8.65. The van der Waals surface area contributed by atoms with Crippen LogP contribution in [-0.2, 0) is 4.79 Å². The van der Waals surface area contributed by atoms with Crippen molar-refractivity contribution in [2.45, 2.75) is 50.6 Å². The Balaban J connectivity index is 4.57. The lowest BCUT2D eigenvalue weighted by Gasteiger charge is -2.25. The molecule has 0 aromatic heterocycles. The molecule has 7 heteroatoms. The van der Waals surface area contributed by atoms with Gasteiger partial charge in [0.05, 0.1) is 0 Å². The predicted octanol–water partition coefficient (Wildman–Crippen LogP) is 3.26. The average molecular weight is 248 g/mol. The Labute approximate surface area is 89.4 Å². The highest BCUT2D eigenvalue weighted by molar-refractivity contribution is 5.76. The zero-order valence-corrected chi connectivity index (χ0v) is 8.65. The number of rotatable bonds is 7. The summed E-state index contributed by atoms with van der Waals surface area (Å²) in [6.07, 6.45) is -2.86. The Kier molecular flexibility index (Phi) is 5.15. The molecule has 0 bridgehead atoms. The molecule has 16 heavy (non-hydrogen) atoms. The first-order chi connectivity index (χ1) is 7.17. The standard InChI is InChI=1S/C9H13F5O2/c1-2-3-4-5-6(10)8(11,12)9(13,14)7(15)16/h6H,2-5H2,1H3,(H,15,16). The van der Waals surface area contributed by atoms with Gasteiger partial charge in [-0.25, -0.2) is 9.18 Å². The fourth-order valence-corrected chi connectivity index (χ4v) is 1.09. The molecule has 1 N–H and O–H groups in total. The third-order valence-corrected chi connectivity index (χ3v) is 2.14. The van der Waals surface area contributed by atoms with Crippen LogP contribution in [-0.4, -0.2) is 29.1 Å². The number of alkyl halides is 5. The minimum Gasteiger partial charge on any atom is -0.477 e. The van der Waals surface area contributed by atoms with Crippen LogP contribution in [0.4, 0.5) is 22.0 Å². The molecular formula is C9H13F5O2. The van der Waals surface area contributed by atoms with E-state index in [1.807, 2.05) is 0 Å². The molecule has 0 saturated carbocycles. The molecule has 0 aliphatic carbocycles. The number of hydrogen-bond donors (Lipinski definition) is 1. The molecule has 96 valence electrons. The second-order valence-corrected chi connectivity index (χ2v) is 3.47. The largest absolute Gasteiger partial charge is 0.477 e. The van der Waals surface area contributed by atoms with Gasteiger partial charge in [-0.2, -0.15) is 17.6 Å². The smallest absolute Gasteiger partial charge is 0.407 e. The number of aliphatic carboxylic acids is 1. The highest BCUT2D eigenvalue weighted by atomic mass is 19.3. The van der Waals surface area contributed by atoms with Gasteiger partial charge in [-0.1, -0.05) is 26.2 Å². The lowest BCUT2D eigenvalue weighted by molar-refractivity contribution is -0.244. The van der Waals surface area contributed by atoms with E-state index in [9.17, 15) is 26.7 Å². The SMILES string of the molecule is CCCCCC(F)C(F)(F)C(F)(F)C(=O)O. The fourth-order valence-electron chi connectivity index (χ4n) is 1.09. The van der Waals surface area contributed by atoms with Crippen molar-refractivity contribution in [3.8, 4) is 0 Å². The monoisotopic (exact) mass is 248 g/mol. The number of carboxylic acids is 1. The topological polar surface area (TPSA) is 37.3 Å². The number of hydrogen-bond acceptors (Lipinski definition) is 1. The maximum absolute atomic E-state index is 12.9. The fraction of sp³-hybridized carbons (Fsp3) is 0.889. The van der Waals surface area contributed by atoms with E-state index in [0.29, 0.717) is 12.8 Å². The number of halogens is 5. The van der Waals surface area contributed by atoms with Gasteiger partial charge in [0.25, 0.3) is 0 Å². The molecule has 0 aliphatic heterocycles. The van der Waals surface area contributed by atoms with E-state index in [4.69, 9.17) is 5.11 Å². The van der Waals surface area contributed by atoms with Crippen molar-refractivity contribution in [1.82, 2.24) is 0 Å². The molecule has 0 radical (unpaired) electrons. The lowest BCUT2D eigenvalue weighted by Crippen LogP contribution is -2.52. The van der Waals surface area contributed by atoms with Gasteiger partial charge in [0.1, 0.15) is 0 Å². The van der Waals surface area contributed by atoms with Gasteiger partial charge in [0.15, 0.2) is 6.17 Å². The Morgan fingerprint density at radius 1 is 1.25 bits per heavy atom. The summed E-state index contributed by atoms with van der Waals surface area (Å²) >= 11 is 0. The summed E-state index contributed by atoms with van der Waals surface area (Å²) in [6.45, 7) is 1.73. The van der Waals surface area contributed by atoms with Crippen LogP contribution in [0.25, 0.3) is 0 Å². The molecule has 1 atom stereocenters. The average Bonchev–Trinajstić information content (AvgIpc) is 2.17. The molecule has 0 aromatic rings. The van der Waals surface area contributed by atoms with Crippen molar-refractivity contribution in [1.29, 1.82) is 0 Å². The molecule has 1 unspecified atom stereocenters. The summed E-state index contributed by atoms with van der Waals surface area (Å²) in [4.78, 5) is 9.91. The van der Waals surface area contributed by atoms with Gasteiger partial charge >= 0.3 is 17.8 Å². The van der Waals surface area contributed by atoms with Gasteiger partial charge in [-0.05, 0) is 6.42 Å². The van der Waals surface area contributed by atoms with Crippen LogP contribution >= 0.6 is 0 Å². The molecule has 0 aliphatic rings.